The number of carbonyl (C=O) groups is 1. The van der Waals surface area contributed by atoms with Gasteiger partial charge in [0, 0.05) is 36.2 Å². The van der Waals surface area contributed by atoms with Crippen LogP contribution in [0.15, 0.2) is 29.2 Å². The predicted molar refractivity (Wildman–Crippen MR) is 98.5 cm³/mol. The molecule has 2 atom stereocenters. The number of hydrogen-bond donors (Lipinski definition) is 1. The number of thioether (sulfide) groups is 1. The quantitative estimate of drug-likeness (QED) is 0.793. The van der Waals surface area contributed by atoms with Crippen molar-refractivity contribution in [2.24, 2.45) is 11.7 Å². The Morgan fingerprint density at radius 1 is 1.39 bits per heavy atom. The lowest BCUT2D eigenvalue weighted by Crippen LogP contribution is -2.49. The number of benzene rings is 1. The maximum absolute atomic E-state index is 12.4. The Balaban J connectivity index is 0.00000264. The van der Waals surface area contributed by atoms with Crippen LogP contribution in [0.25, 0.3) is 0 Å². The van der Waals surface area contributed by atoms with Gasteiger partial charge in [-0.25, -0.2) is 0 Å². The molecule has 1 aliphatic heterocycles. The first-order valence-corrected chi connectivity index (χ1v) is 8.89. The zero-order valence-corrected chi connectivity index (χ0v) is 15.5. The number of nitrogens with zero attached hydrogens (tertiary/aromatic N) is 1. The topological polar surface area (TPSA) is 55.6 Å². The monoisotopic (exact) mass is 358 g/mol. The molecule has 1 aromatic rings. The molecular formula is C17H27ClN2O2S. The van der Waals surface area contributed by atoms with E-state index in [2.05, 4.69) is 6.92 Å². The number of nitrogens with two attached hydrogens (primary N) is 1. The fourth-order valence-corrected chi connectivity index (χ4v) is 3.72. The first-order valence-electron chi connectivity index (χ1n) is 7.90. The molecule has 2 rings (SSSR count). The van der Waals surface area contributed by atoms with Gasteiger partial charge >= 0.3 is 0 Å². The van der Waals surface area contributed by atoms with Gasteiger partial charge in [0.05, 0.1) is 7.11 Å². The van der Waals surface area contributed by atoms with Gasteiger partial charge in [-0.1, -0.05) is 6.92 Å². The summed E-state index contributed by atoms with van der Waals surface area (Å²) in [6.07, 6.45) is 2.70. The Labute approximate surface area is 149 Å². The molecule has 1 heterocycles. The van der Waals surface area contributed by atoms with Crippen molar-refractivity contribution in [1.29, 1.82) is 0 Å². The highest BCUT2D eigenvalue weighted by Gasteiger charge is 2.28. The molecule has 0 aromatic heterocycles. The van der Waals surface area contributed by atoms with Crippen LogP contribution in [0, 0.1) is 5.92 Å². The summed E-state index contributed by atoms with van der Waals surface area (Å²) in [4.78, 5) is 15.6. The van der Waals surface area contributed by atoms with E-state index in [9.17, 15) is 4.79 Å². The smallest absolute Gasteiger partial charge is 0.223 e. The highest BCUT2D eigenvalue weighted by molar-refractivity contribution is 7.99. The molecule has 0 bridgehead atoms. The molecule has 0 radical (unpaired) electrons. The molecular weight excluding hydrogens is 332 g/mol. The second-order valence-corrected chi connectivity index (χ2v) is 7.05. The summed E-state index contributed by atoms with van der Waals surface area (Å²) in [5, 5.41) is 0. The van der Waals surface area contributed by atoms with E-state index in [1.54, 1.807) is 18.9 Å². The normalized spacial score (nSPS) is 20.7. The van der Waals surface area contributed by atoms with Crippen LogP contribution in [-0.2, 0) is 4.79 Å². The van der Waals surface area contributed by atoms with Crippen molar-refractivity contribution in [3.63, 3.8) is 0 Å². The maximum atomic E-state index is 12.4. The Morgan fingerprint density at radius 2 is 2.09 bits per heavy atom. The molecule has 130 valence electrons. The number of amides is 1. The molecule has 1 amide bonds. The third kappa shape index (κ3) is 5.90. The lowest BCUT2D eigenvalue weighted by Gasteiger charge is -2.38. The minimum absolute atomic E-state index is 0. The Bertz CT molecular complexity index is 484. The molecule has 1 saturated heterocycles. The molecule has 2 unspecified atom stereocenters. The Hall–Kier alpha value is -0.910. The molecule has 23 heavy (non-hydrogen) atoms. The van der Waals surface area contributed by atoms with Gasteiger partial charge in [0.15, 0.2) is 0 Å². The van der Waals surface area contributed by atoms with E-state index >= 15 is 0 Å². The summed E-state index contributed by atoms with van der Waals surface area (Å²) in [7, 11) is 1.66. The van der Waals surface area contributed by atoms with Gasteiger partial charge in [-0.2, -0.15) is 0 Å². The van der Waals surface area contributed by atoms with E-state index in [1.807, 2.05) is 29.2 Å². The molecule has 0 aliphatic carbocycles. The zero-order chi connectivity index (χ0) is 15.9. The maximum Gasteiger partial charge on any atom is 0.223 e. The number of piperidine rings is 1. The van der Waals surface area contributed by atoms with Gasteiger partial charge in [-0.3, -0.25) is 4.79 Å². The number of rotatable bonds is 6. The van der Waals surface area contributed by atoms with E-state index in [0.717, 1.165) is 35.8 Å². The highest BCUT2D eigenvalue weighted by atomic mass is 35.5. The fraction of sp³-hybridized carbons (Fsp3) is 0.588. The number of methoxy groups -OCH3 is 1. The molecule has 1 fully saturated rings. The summed E-state index contributed by atoms with van der Waals surface area (Å²) in [5.74, 6) is 2.57. The van der Waals surface area contributed by atoms with E-state index < -0.39 is 0 Å². The first-order chi connectivity index (χ1) is 10.6. The summed E-state index contributed by atoms with van der Waals surface area (Å²) in [6, 6.07) is 8.17. The summed E-state index contributed by atoms with van der Waals surface area (Å²) < 4.78 is 5.14. The zero-order valence-electron chi connectivity index (χ0n) is 13.9. The molecule has 0 saturated carbocycles. The molecule has 2 N–H and O–H groups in total. The van der Waals surface area contributed by atoms with Crippen LogP contribution in [0.1, 0.15) is 26.2 Å². The number of hydrogen-bond acceptors (Lipinski definition) is 4. The van der Waals surface area contributed by atoms with Gasteiger partial charge in [0.1, 0.15) is 5.75 Å². The summed E-state index contributed by atoms with van der Waals surface area (Å²) in [6.45, 7) is 3.67. The summed E-state index contributed by atoms with van der Waals surface area (Å²) in [5.41, 5.74) is 5.83. The number of carbonyl (C=O) groups excluding carboxylic acids is 1. The molecule has 1 aliphatic rings. The predicted octanol–water partition coefficient (Wildman–Crippen LogP) is 3.19. The molecule has 1 aromatic carbocycles. The lowest BCUT2D eigenvalue weighted by molar-refractivity contribution is -0.134. The molecule has 4 nitrogen and oxygen atoms in total. The van der Waals surface area contributed by atoms with Crippen LogP contribution in [0.4, 0.5) is 0 Å². The molecule has 6 heteroatoms. The van der Waals surface area contributed by atoms with Crippen LogP contribution < -0.4 is 10.5 Å². The van der Waals surface area contributed by atoms with Gasteiger partial charge in [-0.05, 0) is 43.0 Å². The van der Waals surface area contributed by atoms with Gasteiger partial charge in [0.25, 0.3) is 0 Å². The van der Waals surface area contributed by atoms with Crippen LogP contribution in [0.3, 0.4) is 0 Å². The van der Waals surface area contributed by atoms with Crippen molar-refractivity contribution in [2.75, 3.05) is 26.0 Å². The number of halogens is 1. The van der Waals surface area contributed by atoms with Crippen LogP contribution >= 0.6 is 24.2 Å². The fourth-order valence-electron chi connectivity index (χ4n) is 2.88. The lowest BCUT2D eigenvalue weighted by atomic mass is 9.92. The average molecular weight is 359 g/mol. The van der Waals surface area contributed by atoms with E-state index in [-0.39, 0.29) is 24.4 Å². The van der Waals surface area contributed by atoms with Crippen molar-refractivity contribution >= 4 is 30.1 Å². The van der Waals surface area contributed by atoms with Gasteiger partial charge < -0.3 is 15.4 Å². The largest absolute Gasteiger partial charge is 0.497 e. The Morgan fingerprint density at radius 3 is 2.70 bits per heavy atom. The Kier molecular flexibility index (Phi) is 8.81. The second kappa shape index (κ2) is 10.1. The third-order valence-corrected chi connectivity index (χ3v) is 5.23. The first kappa shape index (κ1) is 20.1. The van der Waals surface area contributed by atoms with E-state index in [1.165, 1.54) is 0 Å². The second-order valence-electron chi connectivity index (χ2n) is 5.88. The van der Waals surface area contributed by atoms with Crippen molar-refractivity contribution in [1.82, 2.24) is 4.90 Å². The van der Waals surface area contributed by atoms with Gasteiger partial charge in [-0.15, -0.1) is 24.2 Å². The van der Waals surface area contributed by atoms with Crippen molar-refractivity contribution in [3.05, 3.63) is 24.3 Å². The standard InChI is InChI=1S/C17H26N2O2S.ClH/c1-13-7-9-19(14(11-13)12-18)17(20)8-10-22-16-5-3-15(21-2)4-6-16;/h3-6,13-14H,7-12,18H2,1-2H3;1H. The van der Waals surface area contributed by atoms with Crippen LogP contribution in [-0.4, -0.2) is 42.8 Å². The highest BCUT2D eigenvalue weighted by Crippen LogP contribution is 2.25. The average Bonchev–Trinajstić information content (AvgIpc) is 2.55. The summed E-state index contributed by atoms with van der Waals surface area (Å²) >= 11 is 1.71. The number of likely N-dealkylation sites (tertiary alicyclic amines) is 1. The minimum atomic E-state index is 0. The van der Waals surface area contributed by atoms with E-state index in [0.29, 0.717) is 18.9 Å². The minimum Gasteiger partial charge on any atom is -0.497 e. The van der Waals surface area contributed by atoms with Gasteiger partial charge in [0.2, 0.25) is 5.91 Å². The third-order valence-electron chi connectivity index (χ3n) is 4.21. The van der Waals surface area contributed by atoms with Crippen molar-refractivity contribution in [3.8, 4) is 5.75 Å². The van der Waals surface area contributed by atoms with Crippen molar-refractivity contribution < 1.29 is 9.53 Å². The van der Waals surface area contributed by atoms with Crippen LogP contribution in [0.5, 0.6) is 5.75 Å². The van der Waals surface area contributed by atoms with Crippen LogP contribution in [0.2, 0.25) is 0 Å². The molecule has 0 spiro atoms. The number of ether oxygens (including phenoxy) is 1. The van der Waals surface area contributed by atoms with E-state index in [4.69, 9.17) is 10.5 Å². The SMILES string of the molecule is COc1ccc(SCCC(=O)N2CCC(C)CC2CN)cc1.Cl. The van der Waals surface area contributed by atoms with Crippen molar-refractivity contribution in [2.45, 2.75) is 37.1 Å².